The Balaban J connectivity index is 1.63. The van der Waals surface area contributed by atoms with Crippen molar-refractivity contribution in [3.63, 3.8) is 0 Å². The van der Waals surface area contributed by atoms with E-state index >= 15 is 0 Å². The van der Waals surface area contributed by atoms with E-state index in [2.05, 4.69) is 5.32 Å². The summed E-state index contributed by atoms with van der Waals surface area (Å²) in [6.45, 7) is 4.16. The number of nitrogens with zero attached hydrogens (tertiary/aromatic N) is 1. The first kappa shape index (κ1) is 14.8. The lowest BCUT2D eigenvalue weighted by Gasteiger charge is -2.34. The van der Waals surface area contributed by atoms with Gasteiger partial charge in [-0.15, -0.1) is 0 Å². The van der Waals surface area contributed by atoms with Crippen molar-refractivity contribution in [1.82, 2.24) is 10.2 Å². The fourth-order valence-electron chi connectivity index (χ4n) is 3.06. The summed E-state index contributed by atoms with van der Waals surface area (Å²) < 4.78 is 10.2. The van der Waals surface area contributed by atoms with Gasteiger partial charge >= 0.3 is 0 Å². The molecule has 1 atom stereocenters. The van der Waals surface area contributed by atoms with Gasteiger partial charge in [0.15, 0.2) is 0 Å². The third-order valence-corrected chi connectivity index (χ3v) is 4.22. The van der Waals surface area contributed by atoms with Gasteiger partial charge in [0.2, 0.25) is 5.91 Å². The molecule has 5 nitrogen and oxygen atoms in total. The molecule has 0 aliphatic carbocycles. The van der Waals surface area contributed by atoms with Gasteiger partial charge in [-0.2, -0.15) is 0 Å². The van der Waals surface area contributed by atoms with Crippen molar-refractivity contribution in [2.75, 3.05) is 46.6 Å². The lowest BCUT2D eigenvalue weighted by atomic mass is 9.88. The highest BCUT2D eigenvalue weighted by atomic mass is 16.5. The second kappa shape index (κ2) is 7.82. The lowest BCUT2D eigenvalue weighted by molar-refractivity contribution is -0.138. The molecule has 1 unspecified atom stereocenters. The molecule has 2 fully saturated rings. The molecule has 2 aliphatic rings. The van der Waals surface area contributed by atoms with Crippen molar-refractivity contribution in [3.05, 3.63) is 0 Å². The molecule has 0 bridgehead atoms. The zero-order valence-electron chi connectivity index (χ0n) is 11.9. The van der Waals surface area contributed by atoms with Crippen LogP contribution in [0.5, 0.6) is 0 Å². The topological polar surface area (TPSA) is 50.8 Å². The summed E-state index contributed by atoms with van der Waals surface area (Å²) in [5.41, 5.74) is 0. The van der Waals surface area contributed by atoms with Crippen molar-refractivity contribution in [1.29, 1.82) is 0 Å². The van der Waals surface area contributed by atoms with Crippen molar-refractivity contribution >= 4 is 5.91 Å². The standard InChI is InChI=1S/C14H26N2O3/c1-18-9-10-19-11-14(17)16-7-4-12(5-8-16)13-3-2-6-15-13/h12-13,15H,2-11H2,1H3. The van der Waals surface area contributed by atoms with Gasteiger partial charge in [-0.25, -0.2) is 0 Å². The van der Waals surface area contributed by atoms with Crippen molar-refractivity contribution in [2.24, 2.45) is 5.92 Å². The second-order valence-electron chi connectivity index (χ2n) is 5.47. The Labute approximate surface area is 115 Å². The van der Waals surface area contributed by atoms with E-state index in [0.29, 0.717) is 19.3 Å². The molecule has 0 saturated carbocycles. The Kier molecular flexibility index (Phi) is 6.07. The Morgan fingerprint density at radius 2 is 2.05 bits per heavy atom. The largest absolute Gasteiger partial charge is 0.382 e. The fourth-order valence-corrected chi connectivity index (χ4v) is 3.06. The molecular weight excluding hydrogens is 244 g/mol. The van der Waals surface area contributed by atoms with Gasteiger partial charge in [-0.3, -0.25) is 4.79 Å². The third-order valence-electron chi connectivity index (χ3n) is 4.22. The normalized spacial score (nSPS) is 24.9. The fraction of sp³-hybridized carbons (Fsp3) is 0.929. The summed E-state index contributed by atoms with van der Waals surface area (Å²) in [5.74, 6) is 0.870. The molecule has 1 amide bonds. The lowest BCUT2D eigenvalue weighted by Crippen LogP contribution is -2.44. The van der Waals surface area contributed by atoms with Gasteiger partial charge in [-0.1, -0.05) is 0 Å². The zero-order valence-corrected chi connectivity index (χ0v) is 11.9. The minimum Gasteiger partial charge on any atom is -0.382 e. The number of ether oxygens (including phenoxy) is 2. The highest BCUT2D eigenvalue weighted by Gasteiger charge is 2.29. The number of amides is 1. The van der Waals surface area contributed by atoms with E-state index in [0.717, 1.165) is 38.4 Å². The summed E-state index contributed by atoms with van der Waals surface area (Å²) in [6.07, 6.45) is 4.86. The SMILES string of the molecule is COCCOCC(=O)N1CCC(C2CCCN2)CC1. The van der Waals surface area contributed by atoms with Crippen molar-refractivity contribution in [3.8, 4) is 0 Å². The van der Waals surface area contributed by atoms with Gasteiger partial charge < -0.3 is 19.7 Å². The molecule has 2 rings (SSSR count). The minimum absolute atomic E-state index is 0.119. The molecule has 110 valence electrons. The minimum atomic E-state index is 0.119. The monoisotopic (exact) mass is 270 g/mol. The first-order chi connectivity index (χ1) is 9.31. The van der Waals surface area contributed by atoms with E-state index < -0.39 is 0 Å². The highest BCUT2D eigenvalue weighted by Crippen LogP contribution is 2.25. The maximum Gasteiger partial charge on any atom is 0.248 e. The molecule has 0 aromatic carbocycles. The summed E-state index contributed by atoms with van der Waals surface area (Å²) in [4.78, 5) is 13.9. The molecule has 19 heavy (non-hydrogen) atoms. The van der Waals surface area contributed by atoms with Crippen LogP contribution < -0.4 is 5.32 Å². The molecule has 0 spiro atoms. The van der Waals surface area contributed by atoms with E-state index in [4.69, 9.17) is 9.47 Å². The number of piperidine rings is 1. The predicted octanol–water partition coefficient (Wildman–Crippen LogP) is 0.640. The molecular formula is C14H26N2O3. The van der Waals surface area contributed by atoms with Gasteiger partial charge in [-0.05, 0) is 38.1 Å². The Morgan fingerprint density at radius 3 is 2.68 bits per heavy atom. The number of rotatable bonds is 6. The average Bonchev–Trinajstić information content (AvgIpc) is 2.98. The molecule has 5 heteroatoms. The van der Waals surface area contributed by atoms with Crippen LogP contribution in [0.25, 0.3) is 0 Å². The number of carbonyl (C=O) groups excluding carboxylic acids is 1. The van der Waals surface area contributed by atoms with Crippen molar-refractivity contribution in [2.45, 2.75) is 31.7 Å². The molecule has 0 radical (unpaired) electrons. The van der Waals surface area contributed by atoms with E-state index in [1.807, 2.05) is 4.90 Å². The molecule has 1 N–H and O–H groups in total. The first-order valence-corrected chi connectivity index (χ1v) is 7.39. The second-order valence-corrected chi connectivity index (χ2v) is 5.47. The van der Waals surface area contributed by atoms with E-state index in [1.165, 1.54) is 12.8 Å². The number of methoxy groups -OCH3 is 1. The number of hydrogen-bond donors (Lipinski definition) is 1. The number of carbonyl (C=O) groups is 1. The highest BCUT2D eigenvalue weighted by molar-refractivity contribution is 5.77. The zero-order chi connectivity index (χ0) is 13.5. The van der Waals surface area contributed by atoms with Crippen molar-refractivity contribution < 1.29 is 14.3 Å². The smallest absolute Gasteiger partial charge is 0.248 e. The van der Waals surface area contributed by atoms with Crippen LogP contribution in [-0.4, -0.2) is 63.4 Å². The van der Waals surface area contributed by atoms with Gasteiger partial charge in [0.1, 0.15) is 6.61 Å². The molecule has 2 saturated heterocycles. The van der Waals surface area contributed by atoms with Crippen LogP contribution in [0.3, 0.4) is 0 Å². The van der Waals surface area contributed by atoms with Crippen LogP contribution >= 0.6 is 0 Å². The van der Waals surface area contributed by atoms with Crippen LogP contribution in [0, 0.1) is 5.92 Å². The van der Waals surface area contributed by atoms with E-state index in [9.17, 15) is 4.79 Å². The van der Waals surface area contributed by atoms with Crippen LogP contribution in [0.1, 0.15) is 25.7 Å². The van der Waals surface area contributed by atoms with E-state index in [-0.39, 0.29) is 12.5 Å². The third kappa shape index (κ3) is 4.44. The predicted molar refractivity (Wildman–Crippen MR) is 73.0 cm³/mol. The maximum atomic E-state index is 11.9. The van der Waals surface area contributed by atoms with Crippen LogP contribution in [-0.2, 0) is 14.3 Å². The number of hydrogen-bond acceptors (Lipinski definition) is 4. The van der Waals surface area contributed by atoms with Gasteiger partial charge in [0, 0.05) is 26.2 Å². The van der Waals surface area contributed by atoms with Crippen LogP contribution in [0.2, 0.25) is 0 Å². The molecule has 2 aliphatic heterocycles. The summed E-state index contributed by atoms with van der Waals surface area (Å²) in [7, 11) is 1.63. The first-order valence-electron chi connectivity index (χ1n) is 7.39. The Bertz CT molecular complexity index is 272. The van der Waals surface area contributed by atoms with Gasteiger partial charge in [0.05, 0.1) is 13.2 Å². The van der Waals surface area contributed by atoms with Crippen LogP contribution in [0.4, 0.5) is 0 Å². The molecule has 0 aromatic heterocycles. The van der Waals surface area contributed by atoms with Gasteiger partial charge in [0.25, 0.3) is 0 Å². The Hall–Kier alpha value is -0.650. The molecule has 0 aromatic rings. The summed E-state index contributed by atoms with van der Waals surface area (Å²) >= 11 is 0. The van der Waals surface area contributed by atoms with Crippen LogP contribution in [0.15, 0.2) is 0 Å². The average molecular weight is 270 g/mol. The Morgan fingerprint density at radius 1 is 1.26 bits per heavy atom. The number of likely N-dealkylation sites (tertiary alicyclic amines) is 1. The summed E-state index contributed by atoms with van der Waals surface area (Å²) in [5, 5.41) is 3.58. The van der Waals surface area contributed by atoms with E-state index in [1.54, 1.807) is 7.11 Å². The quantitative estimate of drug-likeness (QED) is 0.720. The maximum absolute atomic E-state index is 11.9. The molecule has 2 heterocycles. The summed E-state index contributed by atoms with van der Waals surface area (Å²) in [6, 6.07) is 0.690. The number of nitrogens with one attached hydrogen (secondary N) is 1.